The summed E-state index contributed by atoms with van der Waals surface area (Å²) in [6, 6.07) is 4.65. The van der Waals surface area contributed by atoms with E-state index in [1.54, 1.807) is 6.07 Å². The van der Waals surface area contributed by atoms with Crippen LogP contribution in [0.4, 0.5) is 4.39 Å². The zero-order valence-electron chi connectivity index (χ0n) is 12.4. The van der Waals surface area contributed by atoms with Crippen molar-refractivity contribution in [1.29, 1.82) is 0 Å². The largest absolute Gasteiger partial charge is 0.384 e. The van der Waals surface area contributed by atoms with Gasteiger partial charge in [-0.15, -0.1) is 0 Å². The first-order valence-electron chi connectivity index (χ1n) is 7.33. The lowest BCUT2D eigenvalue weighted by Gasteiger charge is -2.27. The van der Waals surface area contributed by atoms with Gasteiger partial charge in [-0.1, -0.05) is 17.9 Å². The van der Waals surface area contributed by atoms with E-state index in [4.69, 9.17) is 9.84 Å². The van der Waals surface area contributed by atoms with E-state index >= 15 is 0 Å². The van der Waals surface area contributed by atoms with Crippen LogP contribution in [0.2, 0.25) is 0 Å². The molecule has 0 spiro atoms. The highest BCUT2D eigenvalue weighted by Gasteiger charge is 2.16. The van der Waals surface area contributed by atoms with E-state index in [0.717, 1.165) is 31.7 Å². The SMILES string of the molecule is CN(Cc1ccc(F)cc1C#CCO)CC1CCCOC1. The molecule has 0 aliphatic carbocycles. The lowest BCUT2D eigenvalue weighted by atomic mass is 10.0. The van der Waals surface area contributed by atoms with Crippen LogP contribution in [0, 0.1) is 23.6 Å². The molecule has 1 aliphatic heterocycles. The second-order valence-corrected chi connectivity index (χ2v) is 5.54. The highest BCUT2D eigenvalue weighted by atomic mass is 19.1. The van der Waals surface area contributed by atoms with Crippen LogP contribution >= 0.6 is 0 Å². The van der Waals surface area contributed by atoms with Crippen molar-refractivity contribution in [2.45, 2.75) is 19.4 Å². The van der Waals surface area contributed by atoms with Crippen molar-refractivity contribution < 1.29 is 14.2 Å². The van der Waals surface area contributed by atoms with Crippen LogP contribution in [0.25, 0.3) is 0 Å². The molecule has 0 bridgehead atoms. The average Bonchev–Trinajstić information content (AvgIpc) is 2.48. The molecule has 1 aromatic carbocycles. The molecule has 4 heteroatoms. The Kier molecular flexibility index (Phi) is 6.19. The number of aliphatic hydroxyl groups is 1. The lowest BCUT2D eigenvalue weighted by molar-refractivity contribution is 0.0411. The van der Waals surface area contributed by atoms with Crippen LogP contribution in [0.3, 0.4) is 0 Å². The van der Waals surface area contributed by atoms with Crippen molar-refractivity contribution in [3.05, 3.63) is 35.1 Å². The Morgan fingerprint density at radius 3 is 3.05 bits per heavy atom. The number of rotatable bonds is 4. The van der Waals surface area contributed by atoms with E-state index in [9.17, 15) is 4.39 Å². The van der Waals surface area contributed by atoms with E-state index in [1.807, 2.05) is 0 Å². The molecule has 0 saturated carbocycles. The Bertz CT molecular complexity index is 515. The zero-order chi connectivity index (χ0) is 15.1. The summed E-state index contributed by atoms with van der Waals surface area (Å²) in [7, 11) is 2.06. The second-order valence-electron chi connectivity index (χ2n) is 5.54. The molecule has 1 N–H and O–H groups in total. The molecule has 21 heavy (non-hydrogen) atoms. The number of hydrogen-bond acceptors (Lipinski definition) is 3. The second kappa shape index (κ2) is 8.14. The molecule has 1 atom stereocenters. The molecule has 1 fully saturated rings. The fourth-order valence-electron chi connectivity index (χ4n) is 2.69. The first-order chi connectivity index (χ1) is 10.2. The highest BCUT2D eigenvalue weighted by Crippen LogP contribution is 2.17. The Morgan fingerprint density at radius 1 is 1.48 bits per heavy atom. The van der Waals surface area contributed by atoms with E-state index < -0.39 is 0 Å². The molecule has 1 saturated heterocycles. The average molecular weight is 291 g/mol. The molecule has 2 rings (SSSR count). The summed E-state index contributed by atoms with van der Waals surface area (Å²) in [4.78, 5) is 2.22. The molecule has 114 valence electrons. The van der Waals surface area contributed by atoms with E-state index in [1.165, 1.54) is 18.6 Å². The van der Waals surface area contributed by atoms with Crippen molar-refractivity contribution in [2.24, 2.45) is 5.92 Å². The van der Waals surface area contributed by atoms with Crippen molar-refractivity contribution in [2.75, 3.05) is 33.4 Å². The molecule has 1 aromatic rings. The molecule has 1 heterocycles. The summed E-state index contributed by atoms with van der Waals surface area (Å²) >= 11 is 0. The van der Waals surface area contributed by atoms with Gasteiger partial charge in [-0.3, -0.25) is 0 Å². The smallest absolute Gasteiger partial charge is 0.124 e. The van der Waals surface area contributed by atoms with Crippen molar-refractivity contribution in [1.82, 2.24) is 4.90 Å². The van der Waals surface area contributed by atoms with E-state index in [0.29, 0.717) is 18.0 Å². The number of ether oxygens (including phenoxy) is 1. The monoisotopic (exact) mass is 291 g/mol. The molecule has 0 aromatic heterocycles. The van der Waals surface area contributed by atoms with Gasteiger partial charge < -0.3 is 14.7 Å². The Balaban J connectivity index is 2.00. The van der Waals surface area contributed by atoms with Gasteiger partial charge in [-0.25, -0.2) is 4.39 Å². The third-order valence-corrected chi connectivity index (χ3v) is 3.64. The van der Waals surface area contributed by atoms with Crippen LogP contribution in [-0.2, 0) is 11.3 Å². The highest BCUT2D eigenvalue weighted by molar-refractivity contribution is 5.41. The van der Waals surface area contributed by atoms with Gasteiger partial charge in [0.05, 0.1) is 6.61 Å². The topological polar surface area (TPSA) is 32.7 Å². The Morgan fingerprint density at radius 2 is 2.33 bits per heavy atom. The van der Waals surface area contributed by atoms with Crippen LogP contribution in [0.5, 0.6) is 0 Å². The van der Waals surface area contributed by atoms with Crippen molar-refractivity contribution >= 4 is 0 Å². The third-order valence-electron chi connectivity index (χ3n) is 3.64. The van der Waals surface area contributed by atoms with Crippen LogP contribution in [0.15, 0.2) is 18.2 Å². The molecule has 1 unspecified atom stereocenters. The number of hydrogen-bond donors (Lipinski definition) is 1. The lowest BCUT2D eigenvalue weighted by Crippen LogP contribution is -2.30. The van der Waals surface area contributed by atoms with Crippen LogP contribution in [-0.4, -0.2) is 43.4 Å². The van der Waals surface area contributed by atoms with Gasteiger partial charge in [0.1, 0.15) is 12.4 Å². The third kappa shape index (κ3) is 5.13. The maximum Gasteiger partial charge on any atom is 0.124 e. The van der Waals surface area contributed by atoms with Crippen molar-refractivity contribution in [3.8, 4) is 11.8 Å². The first kappa shape index (κ1) is 16.0. The summed E-state index contributed by atoms with van der Waals surface area (Å²) in [6.45, 7) is 3.16. The predicted octanol–water partition coefficient (Wildman–Crippen LogP) is 2.03. The fourth-order valence-corrected chi connectivity index (χ4v) is 2.69. The summed E-state index contributed by atoms with van der Waals surface area (Å²) in [5, 5.41) is 8.79. The summed E-state index contributed by atoms with van der Waals surface area (Å²) in [5.74, 6) is 5.67. The number of halogens is 1. The summed E-state index contributed by atoms with van der Waals surface area (Å²) in [6.07, 6.45) is 2.33. The van der Waals surface area contributed by atoms with Gasteiger partial charge >= 0.3 is 0 Å². The van der Waals surface area contributed by atoms with Gasteiger partial charge in [0, 0.05) is 25.3 Å². The zero-order valence-corrected chi connectivity index (χ0v) is 12.4. The van der Waals surface area contributed by atoms with Gasteiger partial charge in [-0.05, 0) is 43.5 Å². The first-order valence-corrected chi connectivity index (χ1v) is 7.33. The molecule has 3 nitrogen and oxygen atoms in total. The minimum absolute atomic E-state index is 0.217. The van der Waals surface area contributed by atoms with Crippen LogP contribution < -0.4 is 0 Å². The van der Waals surface area contributed by atoms with E-state index in [-0.39, 0.29) is 12.4 Å². The normalized spacial score (nSPS) is 18.4. The van der Waals surface area contributed by atoms with Gasteiger partial charge in [-0.2, -0.15) is 0 Å². The quantitative estimate of drug-likeness (QED) is 0.862. The molecular weight excluding hydrogens is 269 g/mol. The predicted molar refractivity (Wildman–Crippen MR) is 80.2 cm³/mol. The minimum atomic E-state index is -0.302. The van der Waals surface area contributed by atoms with Gasteiger partial charge in [0.15, 0.2) is 0 Å². The standard InChI is InChI=1S/C17H22FNO2/c1-19(11-14-4-3-9-21-13-14)12-16-6-7-17(18)10-15(16)5-2-8-20/h6-7,10,14,20H,3-4,8-9,11-13H2,1H3. The molecule has 0 radical (unpaired) electrons. The minimum Gasteiger partial charge on any atom is -0.384 e. The summed E-state index contributed by atoms with van der Waals surface area (Å²) in [5.41, 5.74) is 1.63. The number of aliphatic hydroxyl groups excluding tert-OH is 1. The molecule has 1 aliphatic rings. The van der Waals surface area contributed by atoms with E-state index in [2.05, 4.69) is 23.8 Å². The number of nitrogens with zero attached hydrogens (tertiary/aromatic N) is 1. The fraction of sp³-hybridized carbons (Fsp3) is 0.529. The maximum atomic E-state index is 13.3. The van der Waals surface area contributed by atoms with Crippen LogP contribution in [0.1, 0.15) is 24.0 Å². The number of benzene rings is 1. The van der Waals surface area contributed by atoms with Gasteiger partial charge in [0.2, 0.25) is 0 Å². The van der Waals surface area contributed by atoms with Crippen molar-refractivity contribution in [3.63, 3.8) is 0 Å². The molecular formula is C17H22FNO2. The Labute approximate surface area is 125 Å². The van der Waals surface area contributed by atoms with Gasteiger partial charge in [0.25, 0.3) is 0 Å². The molecule has 0 amide bonds. The maximum absolute atomic E-state index is 13.3. The Hall–Kier alpha value is -1.41. The summed E-state index contributed by atoms with van der Waals surface area (Å²) < 4.78 is 18.8.